The van der Waals surface area contributed by atoms with Crippen molar-refractivity contribution >= 4 is 39.1 Å². The Labute approximate surface area is 223 Å². The first-order chi connectivity index (χ1) is 18.2. The summed E-state index contributed by atoms with van der Waals surface area (Å²) in [5, 5.41) is 2.63. The molecule has 38 heavy (non-hydrogen) atoms. The number of sulfonamides is 1. The molecule has 2 aromatic carbocycles. The van der Waals surface area contributed by atoms with Crippen LogP contribution >= 0.6 is 0 Å². The van der Waals surface area contributed by atoms with Gasteiger partial charge in [0.25, 0.3) is 0 Å². The lowest BCUT2D eigenvalue weighted by molar-refractivity contribution is -0.140. The van der Waals surface area contributed by atoms with E-state index in [1.54, 1.807) is 17.0 Å². The Balaban J connectivity index is 1.35. The average Bonchev–Trinajstić information content (AvgIpc) is 3.54. The van der Waals surface area contributed by atoms with Crippen LogP contribution in [0.5, 0.6) is 0 Å². The number of carbonyl (C=O) groups excluding carboxylic acids is 3. The van der Waals surface area contributed by atoms with Crippen LogP contribution in [-0.2, 0) is 24.4 Å². The maximum absolute atomic E-state index is 13.9. The first-order valence-electron chi connectivity index (χ1n) is 13.0. The second-order valence-electron chi connectivity index (χ2n) is 10.1. The molecule has 0 bridgehead atoms. The normalized spacial score (nSPS) is 19.8. The van der Waals surface area contributed by atoms with Crippen LogP contribution in [0, 0.1) is 0 Å². The molecular weight excluding hydrogens is 506 g/mol. The van der Waals surface area contributed by atoms with E-state index in [1.807, 2.05) is 40.1 Å². The summed E-state index contributed by atoms with van der Waals surface area (Å²) in [7, 11) is -3.78. The van der Waals surface area contributed by atoms with Gasteiger partial charge in [0.2, 0.25) is 27.7 Å². The topological polar surface area (TPSA) is 110 Å². The predicted molar refractivity (Wildman–Crippen MR) is 143 cm³/mol. The Hall–Kier alpha value is -3.44. The number of anilines is 2. The van der Waals surface area contributed by atoms with Gasteiger partial charge < -0.3 is 20.0 Å². The van der Waals surface area contributed by atoms with Crippen LogP contribution in [0.3, 0.4) is 0 Å². The van der Waals surface area contributed by atoms with Gasteiger partial charge in [0, 0.05) is 44.5 Å². The van der Waals surface area contributed by atoms with Gasteiger partial charge in [-0.1, -0.05) is 18.2 Å². The number of hydrogen-bond acceptors (Lipinski definition) is 6. The summed E-state index contributed by atoms with van der Waals surface area (Å²) in [6.45, 7) is 3.53. The lowest BCUT2D eigenvalue weighted by atomic mass is 9.86. The van der Waals surface area contributed by atoms with Crippen LogP contribution in [0.1, 0.15) is 32.6 Å². The van der Waals surface area contributed by atoms with E-state index in [9.17, 15) is 22.8 Å². The third-order valence-corrected chi connectivity index (χ3v) is 9.64. The van der Waals surface area contributed by atoms with Crippen molar-refractivity contribution in [1.82, 2.24) is 14.1 Å². The third kappa shape index (κ3) is 4.88. The number of carbonyl (C=O) groups is 3. The SMILES string of the molecule is CC(=O)Nc1ccc(S(=O)(=O)N2CCC3(CC2)C(=O)N(CC(=O)N2CCCC2)CN3c2ccccc2)cc1. The molecule has 0 saturated carbocycles. The minimum absolute atomic E-state index is 0.0343. The minimum atomic E-state index is -3.78. The number of piperidine rings is 1. The Kier molecular flexibility index (Phi) is 7.15. The molecule has 1 spiro atoms. The fourth-order valence-corrected chi connectivity index (χ4v) is 7.15. The molecule has 3 saturated heterocycles. The molecule has 3 heterocycles. The van der Waals surface area contributed by atoms with Gasteiger partial charge in [-0.2, -0.15) is 4.31 Å². The van der Waals surface area contributed by atoms with Crippen LogP contribution < -0.4 is 10.2 Å². The molecular formula is C27H33N5O5S. The van der Waals surface area contributed by atoms with Crippen molar-refractivity contribution in [3.63, 3.8) is 0 Å². The smallest absolute Gasteiger partial charge is 0.250 e. The first-order valence-corrected chi connectivity index (χ1v) is 14.4. The zero-order chi connectivity index (χ0) is 26.9. The lowest BCUT2D eigenvalue weighted by Crippen LogP contribution is -2.57. The number of para-hydroxylation sites is 1. The Morgan fingerprint density at radius 3 is 2.16 bits per heavy atom. The lowest BCUT2D eigenvalue weighted by Gasteiger charge is -2.42. The van der Waals surface area contributed by atoms with Gasteiger partial charge in [-0.15, -0.1) is 0 Å². The van der Waals surface area contributed by atoms with Gasteiger partial charge in [-0.25, -0.2) is 8.42 Å². The fraction of sp³-hybridized carbons (Fsp3) is 0.444. The highest BCUT2D eigenvalue weighted by atomic mass is 32.2. The molecule has 10 nitrogen and oxygen atoms in total. The van der Waals surface area contributed by atoms with Crippen molar-refractivity contribution in [2.75, 3.05) is 49.6 Å². The number of rotatable bonds is 6. The molecule has 5 rings (SSSR count). The van der Waals surface area contributed by atoms with E-state index in [-0.39, 0.29) is 42.3 Å². The van der Waals surface area contributed by atoms with E-state index < -0.39 is 15.6 Å². The highest BCUT2D eigenvalue weighted by Crippen LogP contribution is 2.40. The number of hydrogen-bond donors (Lipinski definition) is 1. The molecule has 202 valence electrons. The van der Waals surface area contributed by atoms with Crippen LogP contribution in [0.25, 0.3) is 0 Å². The molecule has 0 aromatic heterocycles. The summed E-state index contributed by atoms with van der Waals surface area (Å²) in [5.41, 5.74) is 0.489. The van der Waals surface area contributed by atoms with E-state index in [1.165, 1.54) is 23.4 Å². The molecule has 0 unspecified atom stereocenters. The van der Waals surface area contributed by atoms with Crippen molar-refractivity contribution in [3.8, 4) is 0 Å². The van der Waals surface area contributed by atoms with E-state index in [2.05, 4.69) is 5.32 Å². The second kappa shape index (κ2) is 10.4. The highest BCUT2D eigenvalue weighted by molar-refractivity contribution is 7.89. The number of benzene rings is 2. The summed E-state index contributed by atoms with van der Waals surface area (Å²) < 4.78 is 28.2. The number of nitrogens with one attached hydrogen (secondary N) is 1. The van der Waals surface area contributed by atoms with Gasteiger partial charge in [-0.05, 0) is 62.1 Å². The van der Waals surface area contributed by atoms with E-state index in [4.69, 9.17) is 0 Å². The Morgan fingerprint density at radius 2 is 1.55 bits per heavy atom. The fourth-order valence-electron chi connectivity index (χ4n) is 5.71. The number of nitrogens with zero attached hydrogens (tertiary/aromatic N) is 4. The largest absolute Gasteiger partial charge is 0.341 e. The molecule has 2 aromatic rings. The van der Waals surface area contributed by atoms with Gasteiger partial charge >= 0.3 is 0 Å². The van der Waals surface area contributed by atoms with Crippen molar-refractivity contribution in [3.05, 3.63) is 54.6 Å². The third-order valence-electron chi connectivity index (χ3n) is 7.73. The van der Waals surface area contributed by atoms with Crippen molar-refractivity contribution in [2.45, 2.75) is 43.0 Å². The molecule has 3 amide bonds. The zero-order valence-corrected chi connectivity index (χ0v) is 22.3. The summed E-state index contributed by atoms with van der Waals surface area (Å²) in [6, 6.07) is 15.7. The standard InChI is InChI=1S/C27H33N5O5S/c1-21(33)28-22-9-11-24(12-10-22)38(36,37)31-17-13-27(14-18-31)26(35)30(19-25(34)29-15-5-6-16-29)20-32(27)23-7-3-2-4-8-23/h2-4,7-12H,5-6,13-20H2,1H3,(H,28,33). The maximum Gasteiger partial charge on any atom is 0.250 e. The average molecular weight is 540 g/mol. The molecule has 11 heteroatoms. The van der Waals surface area contributed by atoms with Crippen LogP contribution in [0.15, 0.2) is 59.5 Å². The van der Waals surface area contributed by atoms with Gasteiger partial charge in [0.1, 0.15) is 12.1 Å². The molecule has 3 fully saturated rings. The summed E-state index contributed by atoms with van der Waals surface area (Å²) in [5.74, 6) is -0.392. The van der Waals surface area contributed by atoms with Gasteiger partial charge in [0.15, 0.2) is 0 Å². The molecule has 3 aliphatic heterocycles. The van der Waals surface area contributed by atoms with Crippen molar-refractivity contribution in [2.24, 2.45) is 0 Å². The molecule has 0 radical (unpaired) electrons. The molecule has 0 atom stereocenters. The number of likely N-dealkylation sites (tertiary alicyclic amines) is 1. The summed E-state index contributed by atoms with van der Waals surface area (Å²) in [6.07, 6.45) is 2.61. The predicted octanol–water partition coefficient (Wildman–Crippen LogP) is 2.10. The van der Waals surface area contributed by atoms with Gasteiger partial charge in [0.05, 0.1) is 11.6 Å². The minimum Gasteiger partial charge on any atom is -0.341 e. The van der Waals surface area contributed by atoms with Crippen molar-refractivity contribution in [1.29, 1.82) is 0 Å². The maximum atomic E-state index is 13.9. The zero-order valence-electron chi connectivity index (χ0n) is 21.5. The van der Waals surface area contributed by atoms with Crippen LogP contribution in [0.2, 0.25) is 0 Å². The summed E-state index contributed by atoms with van der Waals surface area (Å²) >= 11 is 0. The van der Waals surface area contributed by atoms with Crippen LogP contribution in [0.4, 0.5) is 11.4 Å². The highest BCUT2D eigenvalue weighted by Gasteiger charge is 2.55. The molecule has 0 aliphatic carbocycles. The molecule has 1 N–H and O–H groups in total. The van der Waals surface area contributed by atoms with E-state index in [0.717, 1.165) is 31.6 Å². The first kappa shape index (κ1) is 26.2. The van der Waals surface area contributed by atoms with Crippen LogP contribution in [-0.4, -0.2) is 85.2 Å². The second-order valence-corrected chi connectivity index (χ2v) is 12.1. The van der Waals surface area contributed by atoms with E-state index in [0.29, 0.717) is 25.2 Å². The van der Waals surface area contributed by atoms with Crippen molar-refractivity contribution < 1.29 is 22.8 Å². The Morgan fingerprint density at radius 1 is 0.921 bits per heavy atom. The molecule has 3 aliphatic rings. The van der Waals surface area contributed by atoms with Gasteiger partial charge in [-0.3, -0.25) is 14.4 Å². The Bertz CT molecular complexity index is 1300. The van der Waals surface area contributed by atoms with E-state index >= 15 is 0 Å². The quantitative estimate of drug-likeness (QED) is 0.602. The monoisotopic (exact) mass is 539 g/mol. The number of amides is 3. The summed E-state index contributed by atoms with van der Waals surface area (Å²) in [4.78, 5) is 43.7.